The number of amides is 1. The Balaban J connectivity index is 1.66. The van der Waals surface area contributed by atoms with Crippen LogP contribution in [0.3, 0.4) is 0 Å². The van der Waals surface area contributed by atoms with E-state index in [-0.39, 0.29) is 11.7 Å². The van der Waals surface area contributed by atoms with E-state index in [4.69, 9.17) is 0 Å². The maximum atomic E-state index is 12.9. The van der Waals surface area contributed by atoms with Crippen molar-refractivity contribution in [2.75, 3.05) is 11.9 Å². The molecule has 3 aromatic rings. The number of aryl methyl sites for hydroxylation is 2. The quantitative estimate of drug-likeness (QED) is 0.647. The summed E-state index contributed by atoms with van der Waals surface area (Å²) < 4.78 is 12.9. The summed E-state index contributed by atoms with van der Waals surface area (Å²) in [5.74, 6) is 0.563. The van der Waals surface area contributed by atoms with Gasteiger partial charge in [0.15, 0.2) is 0 Å². The summed E-state index contributed by atoms with van der Waals surface area (Å²) in [6.07, 6.45) is 1.51. The van der Waals surface area contributed by atoms with E-state index in [1.807, 2.05) is 18.2 Å². The Morgan fingerprint density at radius 3 is 2.57 bits per heavy atom. The molecule has 2 N–H and O–H groups in total. The minimum absolute atomic E-state index is 0.264. The molecule has 28 heavy (non-hydrogen) atoms. The van der Waals surface area contributed by atoms with Crippen LogP contribution < -0.4 is 10.6 Å². The first-order valence-corrected chi connectivity index (χ1v) is 9.28. The average Bonchev–Trinajstić information content (AvgIpc) is 2.69. The van der Waals surface area contributed by atoms with Gasteiger partial charge in [-0.15, -0.1) is 0 Å². The summed E-state index contributed by atoms with van der Waals surface area (Å²) in [5.41, 5.74) is 3.40. The van der Waals surface area contributed by atoms with E-state index in [0.29, 0.717) is 30.3 Å². The van der Waals surface area contributed by atoms with Gasteiger partial charge in [-0.05, 0) is 49.1 Å². The van der Waals surface area contributed by atoms with E-state index >= 15 is 0 Å². The van der Waals surface area contributed by atoms with Crippen molar-refractivity contribution < 1.29 is 9.18 Å². The minimum Gasteiger partial charge on any atom is -0.350 e. The number of carbonyl (C=O) groups excluding carboxylic acids is 1. The van der Waals surface area contributed by atoms with Crippen LogP contribution in [0.4, 0.5) is 15.9 Å². The number of carbonyl (C=O) groups is 1. The maximum absolute atomic E-state index is 12.9. The summed E-state index contributed by atoms with van der Waals surface area (Å²) in [5, 5.41) is 6.13. The molecule has 0 fully saturated rings. The third-order valence-corrected chi connectivity index (χ3v) is 4.34. The minimum atomic E-state index is -0.270. The lowest BCUT2D eigenvalue weighted by molar-refractivity contribution is 0.0949. The predicted octanol–water partition coefficient (Wildman–Crippen LogP) is 4.20. The van der Waals surface area contributed by atoms with Crippen molar-refractivity contribution in [2.24, 2.45) is 0 Å². The van der Waals surface area contributed by atoms with Gasteiger partial charge in [-0.1, -0.05) is 37.3 Å². The Labute approximate surface area is 164 Å². The maximum Gasteiger partial charge on any atom is 0.270 e. The zero-order valence-corrected chi connectivity index (χ0v) is 16.0. The molecule has 0 bridgehead atoms. The number of hydrogen-bond acceptors (Lipinski definition) is 4. The van der Waals surface area contributed by atoms with Gasteiger partial charge < -0.3 is 10.6 Å². The molecule has 0 aliphatic carbocycles. The SMILES string of the molecule is CCc1ccccc1Nc1cc(C(=O)NCCc2ccc(F)cc2)nc(C)n1. The lowest BCUT2D eigenvalue weighted by Gasteiger charge is -2.12. The van der Waals surface area contributed by atoms with Crippen molar-refractivity contribution in [3.8, 4) is 0 Å². The van der Waals surface area contributed by atoms with Crippen LogP contribution in [-0.2, 0) is 12.8 Å². The van der Waals surface area contributed by atoms with Crippen molar-refractivity contribution in [3.63, 3.8) is 0 Å². The molecule has 0 aliphatic heterocycles. The smallest absolute Gasteiger partial charge is 0.270 e. The molecular weight excluding hydrogens is 355 g/mol. The fraction of sp³-hybridized carbons (Fsp3) is 0.227. The van der Waals surface area contributed by atoms with Gasteiger partial charge in [0.2, 0.25) is 0 Å². The normalized spacial score (nSPS) is 10.5. The third-order valence-electron chi connectivity index (χ3n) is 4.34. The van der Waals surface area contributed by atoms with Crippen LogP contribution in [0.25, 0.3) is 0 Å². The van der Waals surface area contributed by atoms with Crippen LogP contribution in [0, 0.1) is 12.7 Å². The molecular formula is C22H23FN4O. The largest absolute Gasteiger partial charge is 0.350 e. The Bertz CT molecular complexity index is 957. The van der Waals surface area contributed by atoms with E-state index in [9.17, 15) is 9.18 Å². The topological polar surface area (TPSA) is 66.9 Å². The van der Waals surface area contributed by atoms with Crippen LogP contribution in [0.2, 0.25) is 0 Å². The fourth-order valence-corrected chi connectivity index (χ4v) is 2.90. The van der Waals surface area contributed by atoms with Crippen molar-refractivity contribution in [3.05, 3.63) is 83.1 Å². The number of hydrogen-bond donors (Lipinski definition) is 2. The van der Waals surface area contributed by atoms with E-state index in [1.165, 1.54) is 17.7 Å². The molecule has 1 amide bonds. The van der Waals surface area contributed by atoms with E-state index in [1.54, 1.807) is 25.1 Å². The molecule has 1 aromatic heterocycles. The van der Waals surface area contributed by atoms with Crippen molar-refractivity contribution in [1.29, 1.82) is 0 Å². The molecule has 0 saturated carbocycles. The van der Waals surface area contributed by atoms with Crippen molar-refractivity contribution in [1.82, 2.24) is 15.3 Å². The summed E-state index contributed by atoms with van der Waals surface area (Å²) in [4.78, 5) is 21.1. The lowest BCUT2D eigenvalue weighted by atomic mass is 10.1. The van der Waals surface area contributed by atoms with Gasteiger partial charge in [-0.25, -0.2) is 14.4 Å². The molecule has 3 rings (SSSR count). The highest BCUT2D eigenvalue weighted by Crippen LogP contribution is 2.20. The summed E-state index contributed by atoms with van der Waals surface area (Å²) in [7, 11) is 0. The Hall–Kier alpha value is -3.28. The predicted molar refractivity (Wildman–Crippen MR) is 108 cm³/mol. The fourth-order valence-electron chi connectivity index (χ4n) is 2.90. The monoisotopic (exact) mass is 378 g/mol. The number of benzene rings is 2. The molecule has 6 heteroatoms. The number of aromatic nitrogens is 2. The first-order chi connectivity index (χ1) is 13.5. The van der Waals surface area contributed by atoms with Crippen molar-refractivity contribution >= 4 is 17.4 Å². The number of anilines is 2. The molecule has 2 aromatic carbocycles. The van der Waals surface area contributed by atoms with Gasteiger partial charge in [-0.3, -0.25) is 4.79 Å². The highest BCUT2D eigenvalue weighted by atomic mass is 19.1. The number of rotatable bonds is 7. The van der Waals surface area contributed by atoms with Crippen molar-refractivity contribution in [2.45, 2.75) is 26.7 Å². The molecule has 0 spiro atoms. The van der Waals surface area contributed by atoms with E-state index < -0.39 is 0 Å². The van der Waals surface area contributed by atoms with E-state index in [2.05, 4.69) is 33.6 Å². The molecule has 144 valence electrons. The standard InChI is InChI=1S/C22H23FN4O/c1-3-17-6-4-5-7-19(17)27-21-14-20(25-15(2)26-21)22(28)24-13-12-16-8-10-18(23)11-9-16/h4-11,14H,3,12-13H2,1-2H3,(H,24,28)(H,25,26,27). The van der Waals surface area contributed by atoms with Crippen LogP contribution in [0.15, 0.2) is 54.6 Å². The first-order valence-electron chi connectivity index (χ1n) is 9.28. The summed E-state index contributed by atoms with van der Waals surface area (Å²) in [6.45, 7) is 4.28. The molecule has 0 aliphatic rings. The lowest BCUT2D eigenvalue weighted by Crippen LogP contribution is -2.27. The van der Waals surface area contributed by atoms with Gasteiger partial charge in [0.1, 0.15) is 23.2 Å². The zero-order chi connectivity index (χ0) is 19.9. The number of halogens is 1. The molecule has 5 nitrogen and oxygen atoms in total. The Morgan fingerprint density at radius 1 is 1.07 bits per heavy atom. The van der Waals surface area contributed by atoms with Gasteiger partial charge in [-0.2, -0.15) is 0 Å². The Kier molecular flexibility index (Phi) is 6.32. The first kappa shape index (κ1) is 19.5. The van der Waals surface area contributed by atoms with Crippen LogP contribution in [-0.4, -0.2) is 22.4 Å². The number of nitrogens with one attached hydrogen (secondary N) is 2. The highest BCUT2D eigenvalue weighted by molar-refractivity contribution is 5.93. The number of para-hydroxylation sites is 1. The molecule has 1 heterocycles. The second kappa shape index (κ2) is 9.08. The van der Waals surface area contributed by atoms with E-state index in [0.717, 1.165) is 17.7 Å². The number of nitrogens with zero attached hydrogens (tertiary/aromatic N) is 2. The Morgan fingerprint density at radius 2 is 1.82 bits per heavy atom. The third kappa shape index (κ3) is 5.13. The van der Waals surface area contributed by atoms with Gasteiger partial charge in [0.25, 0.3) is 5.91 Å². The second-order valence-electron chi connectivity index (χ2n) is 6.45. The summed E-state index contributed by atoms with van der Waals surface area (Å²) >= 11 is 0. The zero-order valence-electron chi connectivity index (χ0n) is 16.0. The molecule has 0 saturated heterocycles. The molecule has 0 atom stereocenters. The van der Waals surface area contributed by atoms with Gasteiger partial charge in [0.05, 0.1) is 0 Å². The second-order valence-corrected chi connectivity index (χ2v) is 6.45. The average molecular weight is 378 g/mol. The van der Waals surface area contributed by atoms with Crippen LogP contribution in [0.1, 0.15) is 34.4 Å². The van der Waals surface area contributed by atoms with Gasteiger partial charge >= 0.3 is 0 Å². The molecule has 0 unspecified atom stereocenters. The highest BCUT2D eigenvalue weighted by Gasteiger charge is 2.11. The summed E-state index contributed by atoms with van der Waals surface area (Å²) in [6, 6.07) is 15.9. The molecule has 0 radical (unpaired) electrons. The van der Waals surface area contributed by atoms with Crippen LogP contribution >= 0.6 is 0 Å². The van der Waals surface area contributed by atoms with Crippen LogP contribution in [0.5, 0.6) is 0 Å². The van der Waals surface area contributed by atoms with Gasteiger partial charge in [0, 0.05) is 18.3 Å².